The van der Waals surface area contributed by atoms with Gasteiger partial charge in [-0.2, -0.15) is 0 Å². The number of benzene rings is 1. The molecule has 0 aliphatic heterocycles. The lowest BCUT2D eigenvalue weighted by Gasteiger charge is -2.10. The summed E-state index contributed by atoms with van der Waals surface area (Å²) >= 11 is 3.44. The van der Waals surface area contributed by atoms with Gasteiger partial charge in [-0.1, -0.05) is 22.0 Å². The molecule has 1 atom stereocenters. The second-order valence-electron chi connectivity index (χ2n) is 4.24. The summed E-state index contributed by atoms with van der Waals surface area (Å²) in [5.74, 6) is -1.37. The van der Waals surface area contributed by atoms with Crippen LogP contribution in [0, 0.1) is 0 Å². The van der Waals surface area contributed by atoms with Gasteiger partial charge in [-0.15, -0.1) is 0 Å². The Morgan fingerprint density at radius 3 is 2.84 bits per heavy atom. The molecular formula is C13H13BrN2O3. The molecule has 0 fully saturated rings. The van der Waals surface area contributed by atoms with E-state index in [-0.39, 0.29) is 12.5 Å². The fourth-order valence-corrected chi connectivity index (χ4v) is 2.32. The lowest BCUT2D eigenvalue weighted by Crippen LogP contribution is -2.39. The smallest absolute Gasteiger partial charge is 0.325 e. The Kier molecular flexibility index (Phi) is 3.90. The molecule has 0 saturated heterocycles. The van der Waals surface area contributed by atoms with Crippen LogP contribution in [0.2, 0.25) is 0 Å². The number of amides is 1. The molecule has 2 N–H and O–H groups in total. The Morgan fingerprint density at radius 2 is 2.16 bits per heavy atom. The van der Waals surface area contributed by atoms with E-state index in [0.717, 1.165) is 15.4 Å². The van der Waals surface area contributed by atoms with Gasteiger partial charge < -0.3 is 15.0 Å². The second kappa shape index (κ2) is 5.44. The lowest BCUT2D eigenvalue weighted by molar-refractivity contribution is -0.141. The molecule has 2 rings (SSSR count). The molecule has 6 heteroatoms. The average Bonchev–Trinajstić information content (AvgIpc) is 2.73. The number of halogens is 1. The van der Waals surface area contributed by atoms with Crippen LogP contribution in [0.25, 0.3) is 10.9 Å². The monoisotopic (exact) mass is 324 g/mol. The van der Waals surface area contributed by atoms with Crippen molar-refractivity contribution in [2.75, 3.05) is 0 Å². The molecule has 0 aliphatic carbocycles. The van der Waals surface area contributed by atoms with E-state index in [9.17, 15) is 9.59 Å². The SMILES string of the molecule is CC(NC(=O)Cn1ccc2c(Br)cccc21)C(=O)O. The molecule has 0 radical (unpaired) electrons. The van der Waals surface area contributed by atoms with E-state index >= 15 is 0 Å². The molecule has 2 aromatic rings. The summed E-state index contributed by atoms with van der Waals surface area (Å²) in [6, 6.07) is 6.75. The third-order valence-electron chi connectivity index (χ3n) is 2.82. The maximum absolute atomic E-state index is 11.7. The van der Waals surface area contributed by atoms with Gasteiger partial charge in [0.05, 0.1) is 0 Å². The van der Waals surface area contributed by atoms with E-state index in [1.807, 2.05) is 24.3 Å². The van der Waals surface area contributed by atoms with Gasteiger partial charge >= 0.3 is 5.97 Å². The summed E-state index contributed by atoms with van der Waals surface area (Å²) in [5.41, 5.74) is 0.924. The summed E-state index contributed by atoms with van der Waals surface area (Å²) in [7, 11) is 0. The van der Waals surface area contributed by atoms with Gasteiger partial charge in [-0.25, -0.2) is 0 Å². The minimum atomic E-state index is -1.05. The Balaban J connectivity index is 2.16. The molecule has 1 unspecified atom stereocenters. The van der Waals surface area contributed by atoms with E-state index < -0.39 is 12.0 Å². The summed E-state index contributed by atoms with van der Waals surface area (Å²) in [6.45, 7) is 1.53. The van der Waals surface area contributed by atoms with Crippen LogP contribution in [-0.4, -0.2) is 27.6 Å². The standard InChI is InChI=1S/C13H13BrN2O3/c1-8(13(18)19)15-12(17)7-16-6-5-9-10(14)3-2-4-11(9)16/h2-6,8H,7H2,1H3,(H,15,17)(H,18,19). The van der Waals surface area contributed by atoms with Crippen molar-refractivity contribution in [1.82, 2.24) is 9.88 Å². The highest BCUT2D eigenvalue weighted by molar-refractivity contribution is 9.10. The first kappa shape index (κ1) is 13.6. The first-order valence-corrected chi connectivity index (χ1v) is 6.54. The third-order valence-corrected chi connectivity index (χ3v) is 3.51. The molecule has 0 bridgehead atoms. The van der Waals surface area contributed by atoms with Crippen LogP contribution < -0.4 is 5.32 Å². The number of rotatable bonds is 4. The molecule has 1 aromatic carbocycles. The molecule has 100 valence electrons. The van der Waals surface area contributed by atoms with Crippen molar-refractivity contribution in [2.45, 2.75) is 19.5 Å². The average molecular weight is 325 g/mol. The number of carbonyl (C=O) groups is 2. The van der Waals surface area contributed by atoms with Crippen LogP contribution in [0.15, 0.2) is 34.9 Å². The van der Waals surface area contributed by atoms with Crippen molar-refractivity contribution in [2.24, 2.45) is 0 Å². The molecule has 0 aliphatic rings. The van der Waals surface area contributed by atoms with E-state index in [2.05, 4.69) is 21.2 Å². The fraction of sp³-hybridized carbons (Fsp3) is 0.231. The molecule has 5 nitrogen and oxygen atoms in total. The number of aromatic nitrogens is 1. The summed E-state index contributed by atoms with van der Waals surface area (Å²) < 4.78 is 2.74. The third kappa shape index (κ3) is 2.96. The molecule has 1 aromatic heterocycles. The maximum Gasteiger partial charge on any atom is 0.325 e. The van der Waals surface area contributed by atoms with E-state index in [1.165, 1.54) is 6.92 Å². The van der Waals surface area contributed by atoms with Crippen LogP contribution in [0.1, 0.15) is 6.92 Å². The minimum Gasteiger partial charge on any atom is -0.480 e. The molecule has 0 spiro atoms. The topological polar surface area (TPSA) is 71.3 Å². The van der Waals surface area contributed by atoms with Crippen molar-refractivity contribution in [3.05, 3.63) is 34.9 Å². The highest BCUT2D eigenvalue weighted by Gasteiger charge is 2.14. The molecular weight excluding hydrogens is 312 g/mol. The minimum absolute atomic E-state index is 0.0948. The number of carboxylic acids is 1. The molecule has 1 heterocycles. The second-order valence-corrected chi connectivity index (χ2v) is 5.10. The van der Waals surface area contributed by atoms with Gasteiger partial charge in [0.1, 0.15) is 12.6 Å². The highest BCUT2D eigenvalue weighted by atomic mass is 79.9. The number of nitrogens with zero attached hydrogens (tertiary/aromatic N) is 1. The van der Waals surface area contributed by atoms with Crippen LogP contribution in [0.3, 0.4) is 0 Å². The van der Waals surface area contributed by atoms with Gasteiger partial charge in [0.15, 0.2) is 0 Å². The first-order valence-electron chi connectivity index (χ1n) is 5.74. The number of hydrogen-bond donors (Lipinski definition) is 2. The predicted octanol–water partition coefficient (Wildman–Crippen LogP) is 1.99. The Labute approximate surface area is 118 Å². The quantitative estimate of drug-likeness (QED) is 0.903. The van der Waals surface area contributed by atoms with Gasteiger partial charge in [0.2, 0.25) is 5.91 Å². The Hall–Kier alpha value is -1.82. The Morgan fingerprint density at radius 1 is 1.42 bits per heavy atom. The molecule has 0 saturated carbocycles. The van der Waals surface area contributed by atoms with Crippen molar-refractivity contribution in [3.8, 4) is 0 Å². The number of hydrogen-bond acceptors (Lipinski definition) is 2. The zero-order chi connectivity index (χ0) is 14.0. The predicted molar refractivity (Wildman–Crippen MR) is 74.9 cm³/mol. The lowest BCUT2D eigenvalue weighted by atomic mass is 10.2. The highest BCUT2D eigenvalue weighted by Crippen LogP contribution is 2.24. The van der Waals surface area contributed by atoms with Crippen LogP contribution in [0.5, 0.6) is 0 Å². The fourth-order valence-electron chi connectivity index (χ4n) is 1.83. The molecule has 1 amide bonds. The van der Waals surface area contributed by atoms with Crippen LogP contribution in [-0.2, 0) is 16.1 Å². The summed E-state index contributed by atoms with van der Waals surface area (Å²) in [4.78, 5) is 22.4. The van der Waals surface area contributed by atoms with E-state index in [1.54, 1.807) is 10.8 Å². The van der Waals surface area contributed by atoms with Gasteiger partial charge in [0.25, 0.3) is 0 Å². The van der Waals surface area contributed by atoms with Crippen LogP contribution >= 0.6 is 15.9 Å². The number of nitrogens with one attached hydrogen (secondary N) is 1. The number of fused-ring (bicyclic) bond motifs is 1. The van der Waals surface area contributed by atoms with Crippen LogP contribution in [0.4, 0.5) is 0 Å². The molecule has 19 heavy (non-hydrogen) atoms. The zero-order valence-electron chi connectivity index (χ0n) is 10.3. The van der Waals surface area contributed by atoms with Crippen molar-refractivity contribution in [3.63, 3.8) is 0 Å². The number of aliphatic carboxylic acids is 1. The Bertz CT molecular complexity index is 636. The van der Waals surface area contributed by atoms with E-state index in [0.29, 0.717) is 0 Å². The maximum atomic E-state index is 11.7. The largest absolute Gasteiger partial charge is 0.480 e. The van der Waals surface area contributed by atoms with Gasteiger partial charge in [-0.3, -0.25) is 9.59 Å². The summed E-state index contributed by atoms with van der Waals surface area (Å²) in [5, 5.41) is 12.2. The van der Waals surface area contributed by atoms with Crippen molar-refractivity contribution >= 4 is 38.7 Å². The normalized spacial score (nSPS) is 12.3. The zero-order valence-corrected chi connectivity index (χ0v) is 11.8. The van der Waals surface area contributed by atoms with E-state index in [4.69, 9.17) is 5.11 Å². The number of carbonyl (C=O) groups excluding carboxylic acids is 1. The van der Waals surface area contributed by atoms with Gasteiger partial charge in [-0.05, 0) is 25.1 Å². The van der Waals surface area contributed by atoms with Crippen molar-refractivity contribution < 1.29 is 14.7 Å². The van der Waals surface area contributed by atoms with Crippen molar-refractivity contribution in [1.29, 1.82) is 0 Å². The number of carboxylic acid groups (broad SMARTS) is 1. The first-order chi connectivity index (χ1) is 8.99. The van der Waals surface area contributed by atoms with Gasteiger partial charge in [0, 0.05) is 21.6 Å². The summed E-state index contributed by atoms with van der Waals surface area (Å²) in [6.07, 6.45) is 1.81.